The van der Waals surface area contributed by atoms with Crippen molar-refractivity contribution in [2.45, 2.75) is 25.4 Å². The number of esters is 1. The highest BCUT2D eigenvalue weighted by molar-refractivity contribution is 5.95. The van der Waals surface area contributed by atoms with E-state index in [1.54, 1.807) is 0 Å². The van der Waals surface area contributed by atoms with Crippen molar-refractivity contribution in [2.75, 3.05) is 5.32 Å². The number of cyclic esters (lactones) is 1. The average Bonchev–Trinajstić information content (AvgIpc) is 3.03. The fraction of sp³-hybridized carbons (Fsp3) is 0.250. The van der Waals surface area contributed by atoms with E-state index in [1.165, 1.54) is 18.2 Å². The molecule has 1 aliphatic rings. The number of carbonyl (C=O) groups excluding carboxylic acids is 2. The summed E-state index contributed by atoms with van der Waals surface area (Å²) in [4.78, 5) is 35.0. The molecule has 0 unspecified atom stereocenters. The summed E-state index contributed by atoms with van der Waals surface area (Å²) in [6.07, 6.45) is 0.517. The molecule has 0 aliphatic carbocycles. The fourth-order valence-corrected chi connectivity index (χ4v) is 3.17. The molecular formula is C20H19NO6. The van der Waals surface area contributed by atoms with E-state index in [-0.39, 0.29) is 53.7 Å². The van der Waals surface area contributed by atoms with Gasteiger partial charge in [-0.3, -0.25) is 9.59 Å². The molecule has 0 saturated carbocycles. The molecular weight excluding hydrogens is 350 g/mol. The van der Waals surface area contributed by atoms with Crippen molar-refractivity contribution in [3.05, 3.63) is 59.7 Å². The van der Waals surface area contributed by atoms with Crippen molar-refractivity contribution >= 4 is 23.5 Å². The molecule has 3 N–H and O–H groups in total. The predicted octanol–water partition coefficient (Wildman–Crippen LogP) is 3.11. The maximum absolute atomic E-state index is 12.2. The topological polar surface area (TPSA) is 113 Å². The van der Waals surface area contributed by atoms with E-state index in [0.717, 1.165) is 5.56 Å². The smallest absolute Gasteiger partial charge is 0.339 e. The monoisotopic (exact) mass is 369 g/mol. The molecule has 1 heterocycles. The zero-order chi connectivity index (χ0) is 19.4. The fourth-order valence-electron chi connectivity index (χ4n) is 3.17. The highest BCUT2D eigenvalue weighted by atomic mass is 16.5. The van der Waals surface area contributed by atoms with Crippen LogP contribution in [0.5, 0.6) is 5.75 Å². The van der Waals surface area contributed by atoms with Crippen LogP contribution in [0.2, 0.25) is 0 Å². The van der Waals surface area contributed by atoms with Gasteiger partial charge in [0.1, 0.15) is 17.4 Å². The lowest BCUT2D eigenvalue weighted by Gasteiger charge is -2.17. The molecule has 7 nitrogen and oxygen atoms in total. The lowest BCUT2D eigenvalue weighted by atomic mass is 9.91. The van der Waals surface area contributed by atoms with Gasteiger partial charge in [-0.2, -0.15) is 0 Å². The van der Waals surface area contributed by atoms with Crippen LogP contribution in [0, 0.1) is 5.92 Å². The van der Waals surface area contributed by atoms with Gasteiger partial charge in [-0.15, -0.1) is 0 Å². The number of anilines is 1. The van der Waals surface area contributed by atoms with Crippen LogP contribution in [0.15, 0.2) is 48.5 Å². The molecule has 0 bridgehead atoms. The van der Waals surface area contributed by atoms with Gasteiger partial charge in [0.05, 0.1) is 6.42 Å². The number of rotatable bonds is 6. The summed E-state index contributed by atoms with van der Waals surface area (Å²) in [6, 6.07) is 13.2. The molecule has 1 aliphatic heterocycles. The number of carboxylic acid groups (broad SMARTS) is 1. The number of aromatic carboxylic acids is 1. The number of phenols is 1. The average molecular weight is 369 g/mol. The summed E-state index contributed by atoms with van der Waals surface area (Å²) >= 11 is 0. The van der Waals surface area contributed by atoms with Gasteiger partial charge < -0.3 is 20.3 Å². The summed E-state index contributed by atoms with van der Waals surface area (Å²) in [6.45, 7) is 0. The molecule has 2 aromatic carbocycles. The van der Waals surface area contributed by atoms with E-state index < -0.39 is 5.97 Å². The van der Waals surface area contributed by atoms with Gasteiger partial charge >= 0.3 is 11.9 Å². The Morgan fingerprint density at radius 2 is 1.89 bits per heavy atom. The largest absolute Gasteiger partial charge is 0.507 e. The van der Waals surface area contributed by atoms with E-state index in [0.29, 0.717) is 6.42 Å². The first-order chi connectivity index (χ1) is 12.9. The molecule has 3 rings (SSSR count). The third-order valence-electron chi connectivity index (χ3n) is 4.50. The second-order valence-corrected chi connectivity index (χ2v) is 6.41. The highest BCUT2D eigenvalue weighted by Gasteiger charge is 2.35. The lowest BCUT2D eigenvalue weighted by Crippen LogP contribution is -2.15. The quantitative estimate of drug-likeness (QED) is 0.533. The minimum Gasteiger partial charge on any atom is -0.507 e. The standard InChI is InChI=1S/C20H19NO6/c22-16-8-7-14(11-15(16)20(25)26)21-17(23)9-6-13-10-18(24)27-19(13)12-4-2-1-3-5-12/h1-5,7-8,11,13,19,22H,6,9-10H2,(H,21,23)(H,25,26)/t13-,19-/m1/s1. The Bertz CT molecular complexity index is 864. The molecule has 1 fully saturated rings. The van der Waals surface area contributed by atoms with Crippen molar-refractivity contribution < 1.29 is 29.3 Å². The minimum absolute atomic E-state index is 0.0972. The molecule has 140 valence electrons. The van der Waals surface area contributed by atoms with Crippen molar-refractivity contribution in [2.24, 2.45) is 5.92 Å². The van der Waals surface area contributed by atoms with Crippen LogP contribution in [0.25, 0.3) is 0 Å². The molecule has 0 spiro atoms. The van der Waals surface area contributed by atoms with Crippen LogP contribution in [-0.4, -0.2) is 28.1 Å². The normalized spacial score (nSPS) is 18.7. The summed E-state index contributed by atoms with van der Waals surface area (Å²) in [5.74, 6) is -2.33. The van der Waals surface area contributed by atoms with Crippen molar-refractivity contribution in [3.63, 3.8) is 0 Å². The number of amides is 1. The summed E-state index contributed by atoms with van der Waals surface area (Å²) in [5.41, 5.74) is 0.902. The Morgan fingerprint density at radius 3 is 2.59 bits per heavy atom. The zero-order valence-corrected chi connectivity index (χ0v) is 14.4. The van der Waals surface area contributed by atoms with E-state index in [4.69, 9.17) is 9.84 Å². The van der Waals surface area contributed by atoms with Crippen LogP contribution < -0.4 is 5.32 Å². The molecule has 2 aromatic rings. The second-order valence-electron chi connectivity index (χ2n) is 6.41. The first-order valence-corrected chi connectivity index (χ1v) is 8.54. The molecule has 7 heteroatoms. The van der Waals surface area contributed by atoms with Gasteiger partial charge in [-0.1, -0.05) is 30.3 Å². The van der Waals surface area contributed by atoms with Gasteiger partial charge in [0.25, 0.3) is 0 Å². The maximum Gasteiger partial charge on any atom is 0.339 e. The number of hydrogen-bond acceptors (Lipinski definition) is 5. The van der Waals surface area contributed by atoms with E-state index in [9.17, 15) is 19.5 Å². The molecule has 2 atom stereocenters. The SMILES string of the molecule is O=C(CC[C@@H]1CC(=O)O[C@@H]1c1ccccc1)Nc1ccc(O)c(C(=O)O)c1. The molecule has 1 amide bonds. The minimum atomic E-state index is -1.28. The third kappa shape index (κ3) is 4.44. The third-order valence-corrected chi connectivity index (χ3v) is 4.50. The van der Waals surface area contributed by atoms with Crippen LogP contribution in [-0.2, 0) is 14.3 Å². The van der Waals surface area contributed by atoms with Crippen LogP contribution in [0.4, 0.5) is 5.69 Å². The summed E-state index contributed by atoms with van der Waals surface area (Å²) in [5, 5.41) is 21.1. The number of hydrogen-bond donors (Lipinski definition) is 3. The number of carboxylic acids is 1. The van der Waals surface area contributed by atoms with Crippen LogP contribution in [0.1, 0.15) is 41.3 Å². The Hall–Kier alpha value is -3.35. The lowest BCUT2D eigenvalue weighted by molar-refractivity contribution is -0.141. The Labute approximate surface area is 155 Å². The van der Waals surface area contributed by atoms with Gasteiger partial charge in [-0.05, 0) is 30.2 Å². The maximum atomic E-state index is 12.2. The Kier molecular flexibility index (Phi) is 5.40. The number of aromatic hydroxyl groups is 1. The number of nitrogens with one attached hydrogen (secondary N) is 1. The van der Waals surface area contributed by atoms with E-state index >= 15 is 0 Å². The first-order valence-electron chi connectivity index (χ1n) is 8.54. The van der Waals surface area contributed by atoms with Crippen molar-refractivity contribution in [1.29, 1.82) is 0 Å². The summed E-state index contributed by atoms with van der Waals surface area (Å²) < 4.78 is 5.40. The molecule has 0 aromatic heterocycles. The van der Waals surface area contributed by atoms with E-state index in [1.807, 2.05) is 30.3 Å². The number of ether oxygens (including phenoxy) is 1. The summed E-state index contributed by atoms with van der Waals surface area (Å²) in [7, 11) is 0. The van der Waals surface area contributed by atoms with Crippen LogP contribution in [0.3, 0.4) is 0 Å². The molecule has 27 heavy (non-hydrogen) atoms. The zero-order valence-electron chi connectivity index (χ0n) is 14.4. The Morgan fingerprint density at radius 1 is 1.15 bits per heavy atom. The van der Waals surface area contributed by atoms with Gasteiger partial charge in [-0.25, -0.2) is 4.79 Å². The second kappa shape index (κ2) is 7.90. The molecule has 1 saturated heterocycles. The van der Waals surface area contributed by atoms with Gasteiger partial charge in [0.2, 0.25) is 5.91 Å². The number of benzene rings is 2. The highest BCUT2D eigenvalue weighted by Crippen LogP contribution is 2.38. The Balaban J connectivity index is 1.61. The van der Waals surface area contributed by atoms with Crippen molar-refractivity contribution in [1.82, 2.24) is 0 Å². The number of carbonyl (C=O) groups is 3. The van der Waals surface area contributed by atoms with Gasteiger partial charge in [0, 0.05) is 18.0 Å². The van der Waals surface area contributed by atoms with E-state index in [2.05, 4.69) is 5.32 Å². The van der Waals surface area contributed by atoms with Crippen molar-refractivity contribution in [3.8, 4) is 5.75 Å². The molecule has 0 radical (unpaired) electrons. The first kappa shape index (κ1) is 18.4. The predicted molar refractivity (Wildman–Crippen MR) is 96.3 cm³/mol. The van der Waals surface area contributed by atoms with Gasteiger partial charge in [0.15, 0.2) is 0 Å². The van der Waals surface area contributed by atoms with Crippen LogP contribution >= 0.6 is 0 Å².